The molecule has 0 saturated carbocycles. The van der Waals surface area contributed by atoms with Crippen molar-refractivity contribution in [3.63, 3.8) is 0 Å². The zero-order valence-electron chi connectivity index (χ0n) is 12.2. The Bertz CT molecular complexity index is 784. The third kappa shape index (κ3) is 4.20. The maximum atomic E-state index is 12.1. The quantitative estimate of drug-likeness (QED) is 0.661. The molecule has 0 aliphatic heterocycles. The SMILES string of the molecule is O=C(Nc1ccc(Oc2ccccc2)cc1)c1ccc(Br)cc1. The molecule has 0 heterocycles. The first-order valence-corrected chi connectivity index (χ1v) is 7.90. The van der Waals surface area contributed by atoms with E-state index in [-0.39, 0.29) is 5.91 Å². The molecule has 0 fully saturated rings. The standard InChI is InChI=1S/C19H14BrNO2/c20-15-8-6-14(7-9-15)19(22)21-16-10-12-18(13-11-16)23-17-4-2-1-3-5-17/h1-13H,(H,21,22). The number of para-hydroxylation sites is 1. The highest BCUT2D eigenvalue weighted by atomic mass is 79.9. The number of benzene rings is 3. The van der Waals surface area contributed by atoms with Gasteiger partial charge in [0.2, 0.25) is 0 Å². The van der Waals surface area contributed by atoms with Crippen molar-refractivity contribution < 1.29 is 9.53 Å². The van der Waals surface area contributed by atoms with Gasteiger partial charge in [-0.15, -0.1) is 0 Å². The number of hydrogen-bond acceptors (Lipinski definition) is 2. The van der Waals surface area contributed by atoms with E-state index in [0.29, 0.717) is 5.56 Å². The van der Waals surface area contributed by atoms with E-state index in [1.165, 1.54) is 0 Å². The first kappa shape index (κ1) is 15.3. The van der Waals surface area contributed by atoms with E-state index in [4.69, 9.17) is 4.74 Å². The molecule has 3 rings (SSSR count). The predicted octanol–water partition coefficient (Wildman–Crippen LogP) is 5.49. The van der Waals surface area contributed by atoms with E-state index in [1.54, 1.807) is 12.1 Å². The number of nitrogens with one attached hydrogen (secondary N) is 1. The Morgan fingerprint density at radius 2 is 1.39 bits per heavy atom. The van der Waals surface area contributed by atoms with Crippen molar-refractivity contribution in [2.45, 2.75) is 0 Å². The molecule has 3 aromatic rings. The molecule has 3 aromatic carbocycles. The highest BCUT2D eigenvalue weighted by molar-refractivity contribution is 9.10. The molecule has 0 aliphatic carbocycles. The van der Waals surface area contributed by atoms with Gasteiger partial charge in [-0.1, -0.05) is 34.1 Å². The second-order valence-corrected chi connectivity index (χ2v) is 5.82. The fraction of sp³-hybridized carbons (Fsp3) is 0. The van der Waals surface area contributed by atoms with Gasteiger partial charge in [-0.2, -0.15) is 0 Å². The smallest absolute Gasteiger partial charge is 0.255 e. The van der Waals surface area contributed by atoms with Crippen molar-refractivity contribution in [3.05, 3.63) is 88.9 Å². The molecular weight excluding hydrogens is 354 g/mol. The first-order valence-electron chi connectivity index (χ1n) is 7.10. The molecule has 23 heavy (non-hydrogen) atoms. The van der Waals surface area contributed by atoms with E-state index in [1.807, 2.05) is 66.7 Å². The topological polar surface area (TPSA) is 38.3 Å². The van der Waals surface area contributed by atoms with Crippen LogP contribution in [0.25, 0.3) is 0 Å². The fourth-order valence-electron chi connectivity index (χ4n) is 2.04. The molecule has 0 saturated heterocycles. The summed E-state index contributed by atoms with van der Waals surface area (Å²) in [5, 5.41) is 2.86. The minimum Gasteiger partial charge on any atom is -0.457 e. The minimum absolute atomic E-state index is 0.144. The third-order valence-corrected chi connectivity index (χ3v) is 3.73. The van der Waals surface area contributed by atoms with Crippen LogP contribution < -0.4 is 10.1 Å². The number of carbonyl (C=O) groups excluding carboxylic acids is 1. The van der Waals surface area contributed by atoms with E-state index in [0.717, 1.165) is 21.7 Å². The summed E-state index contributed by atoms with van der Waals surface area (Å²) in [6.45, 7) is 0. The average Bonchev–Trinajstić information content (AvgIpc) is 2.58. The van der Waals surface area contributed by atoms with E-state index in [9.17, 15) is 4.79 Å². The molecule has 0 unspecified atom stereocenters. The summed E-state index contributed by atoms with van der Waals surface area (Å²) in [7, 11) is 0. The Balaban J connectivity index is 1.65. The molecular formula is C19H14BrNO2. The molecule has 3 nitrogen and oxygen atoms in total. The highest BCUT2D eigenvalue weighted by Gasteiger charge is 2.06. The monoisotopic (exact) mass is 367 g/mol. The number of carbonyl (C=O) groups is 1. The van der Waals surface area contributed by atoms with Crippen LogP contribution in [0.3, 0.4) is 0 Å². The number of anilines is 1. The molecule has 1 amide bonds. The molecule has 1 N–H and O–H groups in total. The summed E-state index contributed by atoms with van der Waals surface area (Å²) in [4.78, 5) is 12.1. The van der Waals surface area contributed by atoms with E-state index in [2.05, 4.69) is 21.2 Å². The summed E-state index contributed by atoms with van der Waals surface area (Å²) < 4.78 is 6.66. The number of halogens is 1. The number of ether oxygens (including phenoxy) is 1. The van der Waals surface area contributed by atoms with Crippen LogP contribution in [0.1, 0.15) is 10.4 Å². The Morgan fingerprint density at radius 3 is 2.04 bits per heavy atom. The molecule has 114 valence electrons. The van der Waals surface area contributed by atoms with Crippen LogP contribution in [0.2, 0.25) is 0 Å². The largest absolute Gasteiger partial charge is 0.457 e. The molecule has 0 aliphatic rings. The lowest BCUT2D eigenvalue weighted by Gasteiger charge is -2.08. The van der Waals surface area contributed by atoms with Crippen molar-refractivity contribution >= 4 is 27.5 Å². The van der Waals surface area contributed by atoms with E-state index < -0.39 is 0 Å². The zero-order chi connectivity index (χ0) is 16.1. The normalized spacial score (nSPS) is 10.1. The van der Waals surface area contributed by atoms with Crippen molar-refractivity contribution in [2.24, 2.45) is 0 Å². The van der Waals surface area contributed by atoms with Crippen LogP contribution in [0.15, 0.2) is 83.3 Å². The van der Waals surface area contributed by atoms with Gasteiger partial charge in [-0.3, -0.25) is 4.79 Å². The second-order valence-electron chi connectivity index (χ2n) is 4.90. The lowest BCUT2D eigenvalue weighted by molar-refractivity contribution is 0.102. The second kappa shape index (κ2) is 7.11. The van der Waals surface area contributed by atoms with Gasteiger partial charge in [-0.25, -0.2) is 0 Å². The molecule has 4 heteroatoms. The average molecular weight is 368 g/mol. The van der Waals surface area contributed by atoms with Gasteiger partial charge in [0, 0.05) is 15.7 Å². The van der Waals surface area contributed by atoms with Crippen molar-refractivity contribution in [3.8, 4) is 11.5 Å². The number of rotatable bonds is 4. The Kier molecular flexibility index (Phi) is 4.74. The minimum atomic E-state index is -0.144. The van der Waals surface area contributed by atoms with Crippen LogP contribution in [0, 0.1) is 0 Å². The van der Waals surface area contributed by atoms with Crippen LogP contribution in [0.5, 0.6) is 11.5 Å². The van der Waals surface area contributed by atoms with Gasteiger partial charge < -0.3 is 10.1 Å². The highest BCUT2D eigenvalue weighted by Crippen LogP contribution is 2.23. The van der Waals surface area contributed by atoms with Crippen LogP contribution >= 0.6 is 15.9 Å². The Hall–Kier alpha value is -2.59. The summed E-state index contributed by atoms with van der Waals surface area (Å²) in [5.74, 6) is 1.35. The van der Waals surface area contributed by atoms with Gasteiger partial charge in [-0.05, 0) is 60.7 Å². The number of hydrogen-bond donors (Lipinski definition) is 1. The molecule has 0 bridgehead atoms. The van der Waals surface area contributed by atoms with Crippen LogP contribution in [-0.4, -0.2) is 5.91 Å². The number of amides is 1. The first-order chi connectivity index (χ1) is 11.2. The maximum absolute atomic E-state index is 12.1. The van der Waals surface area contributed by atoms with Crippen molar-refractivity contribution in [1.29, 1.82) is 0 Å². The molecule has 0 spiro atoms. The van der Waals surface area contributed by atoms with Gasteiger partial charge >= 0.3 is 0 Å². The van der Waals surface area contributed by atoms with Gasteiger partial charge in [0.25, 0.3) is 5.91 Å². The summed E-state index contributed by atoms with van der Waals surface area (Å²) >= 11 is 3.35. The van der Waals surface area contributed by atoms with Crippen molar-refractivity contribution in [2.75, 3.05) is 5.32 Å². The lowest BCUT2D eigenvalue weighted by Crippen LogP contribution is -2.11. The maximum Gasteiger partial charge on any atom is 0.255 e. The van der Waals surface area contributed by atoms with Crippen LogP contribution in [0.4, 0.5) is 5.69 Å². The van der Waals surface area contributed by atoms with Crippen LogP contribution in [-0.2, 0) is 0 Å². The summed E-state index contributed by atoms with van der Waals surface area (Å²) in [5.41, 5.74) is 1.33. The molecule has 0 atom stereocenters. The van der Waals surface area contributed by atoms with Gasteiger partial charge in [0.1, 0.15) is 11.5 Å². The fourth-order valence-corrected chi connectivity index (χ4v) is 2.30. The van der Waals surface area contributed by atoms with Crippen molar-refractivity contribution in [1.82, 2.24) is 0 Å². The molecule has 0 aromatic heterocycles. The lowest BCUT2D eigenvalue weighted by atomic mass is 10.2. The Morgan fingerprint density at radius 1 is 0.783 bits per heavy atom. The summed E-state index contributed by atoms with van der Waals surface area (Å²) in [6, 6.07) is 24.1. The predicted molar refractivity (Wildman–Crippen MR) is 95.1 cm³/mol. The molecule has 0 radical (unpaired) electrons. The summed E-state index contributed by atoms with van der Waals surface area (Å²) in [6.07, 6.45) is 0. The third-order valence-electron chi connectivity index (χ3n) is 3.20. The zero-order valence-corrected chi connectivity index (χ0v) is 13.8. The van der Waals surface area contributed by atoms with E-state index >= 15 is 0 Å². The Labute approximate surface area is 143 Å². The van der Waals surface area contributed by atoms with Gasteiger partial charge in [0.05, 0.1) is 0 Å². The van der Waals surface area contributed by atoms with Gasteiger partial charge in [0.15, 0.2) is 0 Å².